The summed E-state index contributed by atoms with van der Waals surface area (Å²) in [6.45, 7) is 0. The summed E-state index contributed by atoms with van der Waals surface area (Å²) < 4.78 is 0. The summed E-state index contributed by atoms with van der Waals surface area (Å²) >= 11 is 0. The van der Waals surface area contributed by atoms with Crippen molar-refractivity contribution in [3.8, 4) is 0 Å². The monoisotopic (exact) mass is 242 g/mol. The fourth-order valence-corrected chi connectivity index (χ4v) is 2.32. The number of fused-ring (bicyclic) bond motifs is 1. The van der Waals surface area contributed by atoms with Crippen LogP contribution in [0.5, 0.6) is 0 Å². The van der Waals surface area contributed by atoms with Crippen molar-refractivity contribution in [1.82, 2.24) is 9.97 Å². The number of hydrogen-bond acceptors (Lipinski definition) is 4. The number of nitrogen functional groups attached to an aromatic ring is 1. The number of H-pyrrole nitrogens is 1. The lowest BCUT2D eigenvalue weighted by molar-refractivity contribution is 0.912. The molecule has 2 aromatic rings. The van der Waals surface area contributed by atoms with E-state index in [0.29, 0.717) is 5.95 Å². The van der Waals surface area contributed by atoms with Crippen molar-refractivity contribution in [3.63, 3.8) is 0 Å². The van der Waals surface area contributed by atoms with Gasteiger partial charge in [-0.25, -0.2) is 0 Å². The van der Waals surface area contributed by atoms with Gasteiger partial charge >= 0.3 is 0 Å². The van der Waals surface area contributed by atoms with Crippen molar-refractivity contribution in [2.75, 3.05) is 11.1 Å². The lowest BCUT2D eigenvalue weighted by Gasteiger charge is -2.07. The summed E-state index contributed by atoms with van der Waals surface area (Å²) in [5.41, 5.74) is 8.97. The van der Waals surface area contributed by atoms with Gasteiger partial charge in [-0.3, -0.25) is 9.78 Å². The maximum atomic E-state index is 11.3. The minimum absolute atomic E-state index is 0.211. The van der Waals surface area contributed by atoms with Crippen molar-refractivity contribution < 1.29 is 0 Å². The van der Waals surface area contributed by atoms with Crippen LogP contribution in [0.3, 0.4) is 0 Å². The van der Waals surface area contributed by atoms with Gasteiger partial charge in [0.15, 0.2) is 0 Å². The molecule has 0 amide bonds. The summed E-state index contributed by atoms with van der Waals surface area (Å²) in [4.78, 5) is 17.9. The average molecular weight is 242 g/mol. The Bertz CT molecular complexity index is 648. The molecule has 3 rings (SSSR count). The molecule has 0 saturated carbocycles. The van der Waals surface area contributed by atoms with Crippen molar-refractivity contribution in [3.05, 3.63) is 45.7 Å². The van der Waals surface area contributed by atoms with Gasteiger partial charge < -0.3 is 11.1 Å². The largest absolute Gasteiger partial charge is 0.383 e. The Kier molecular flexibility index (Phi) is 2.51. The second-order valence-electron chi connectivity index (χ2n) is 4.48. The molecule has 5 heteroatoms. The number of aromatic nitrogens is 2. The Hall–Kier alpha value is -2.30. The molecular weight excluding hydrogens is 228 g/mol. The highest BCUT2D eigenvalue weighted by Gasteiger charge is 2.11. The molecule has 0 atom stereocenters. The van der Waals surface area contributed by atoms with E-state index in [1.807, 2.05) is 6.07 Å². The molecule has 0 fully saturated rings. The number of aryl methyl sites for hydroxylation is 2. The predicted octanol–water partition coefficient (Wildman–Crippen LogP) is 1.58. The fourth-order valence-electron chi connectivity index (χ4n) is 2.32. The number of hydrogen-bond donors (Lipinski definition) is 3. The maximum Gasteiger partial charge on any atom is 0.254 e. The molecule has 1 aromatic heterocycles. The molecule has 0 spiro atoms. The summed E-state index contributed by atoms with van der Waals surface area (Å²) in [6.07, 6.45) is 3.49. The first kappa shape index (κ1) is 10.8. The minimum Gasteiger partial charge on any atom is -0.383 e. The molecule has 0 saturated heterocycles. The van der Waals surface area contributed by atoms with E-state index in [1.165, 1.54) is 23.6 Å². The zero-order chi connectivity index (χ0) is 12.5. The Morgan fingerprint density at radius 2 is 2.06 bits per heavy atom. The first-order valence-corrected chi connectivity index (χ1v) is 5.96. The maximum absolute atomic E-state index is 11.3. The Balaban J connectivity index is 1.90. The molecule has 4 N–H and O–H groups in total. The molecule has 1 heterocycles. The van der Waals surface area contributed by atoms with E-state index < -0.39 is 0 Å². The summed E-state index contributed by atoms with van der Waals surface area (Å²) in [6, 6.07) is 7.47. The van der Waals surface area contributed by atoms with Crippen LogP contribution in [0.4, 0.5) is 17.5 Å². The van der Waals surface area contributed by atoms with Crippen LogP contribution in [0, 0.1) is 0 Å². The zero-order valence-corrected chi connectivity index (χ0v) is 9.86. The highest BCUT2D eigenvalue weighted by molar-refractivity contribution is 5.57. The number of nitrogens with two attached hydrogens (primary N) is 1. The summed E-state index contributed by atoms with van der Waals surface area (Å²) in [5.74, 6) is 0.584. The molecular formula is C13H14N4O. The van der Waals surface area contributed by atoms with Crippen LogP contribution in [0.25, 0.3) is 0 Å². The minimum atomic E-state index is -0.258. The van der Waals surface area contributed by atoms with Crippen LogP contribution in [-0.2, 0) is 12.8 Å². The third kappa shape index (κ3) is 2.07. The Morgan fingerprint density at radius 1 is 1.22 bits per heavy atom. The molecule has 1 aliphatic rings. The lowest BCUT2D eigenvalue weighted by Crippen LogP contribution is -2.11. The molecule has 0 aliphatic heterocycles. The van der Waals surface area contributed by atoms with E-state index in [4.69, 9.17) is 5.73 Å². The van der Waals surface area contributed by atoms with Crippen LogP contribution >= 0.6 is 0 Å². The smallest absolute Gasteiger partial charge is 0.254 e. The van der Waals surface area contributed by atoms with Gasteiger partial charge in [-0.15, -0.1) is 0 Å². The molecule has 5 nitrogen and oxygen atoms in total. The van der Waals surface area contributed by atoms with Gasteiger partial charge in [-0.2, -0.15) is 4.98 Å². The Labute approximate surface area is 104 Å². The number of anilines is 3. The molecule has 0 bridgehead atoms. The summed E-state index contributed by atoms with van der Waals surface area (Å²) in [7, 11) is 0. The van der Waals surface area contributed by atoms with Gasteiger partial charge in [-0.1, -0.05) is 6.07 Å². The van der Waals surface area contributed by atoms with E-state index in [1.54, 1.807) is 0 Å². The van der Waals surface area contributed by atoms with Crippen LogP contribution in [0.2, 0.25) is 0 Å². The molecule has 92 valence electrons. The van der Waals surface area contributed by atoms with Gasteiger partial charge in [0.25, 0.3) is 5.56 Å². The number of aromatic amines is 1. The van der Waals surface area contributed by atoms with Crippen LogP contribution < -0.4 is 16.6 Å². The quantitative estimate of drug-likeness (QED) is 0.746. The first-order chi connectivity index (χ1) is 8.70. The van der Waals surface area contributed by atoms with Crippen LogP contribution in [-0.4, -0.2) is 9.97 Å². The Morgan fingerprint density at radius 3 is 2.89 bits per heavy atom. The van der Waals surface area contributed by atoms with Gasteiger partial charge in [0, 0.05) is 11.8 Å². The normalized spacial score (nSPS) is 13.3. The lowest BCUT2D eigenvalue weighted by atomic mass is 10.1. The molecule has 1 aliphatic carbocycles. The molecule has 0 radical (unpaired) electrons. The predicted molar refractivity (Wildman–Crippen MR) is 71.0 cm³/mol. The molecule has 0 unspecified atom stereocenters. The van der Waals surface area contributed by atoms with Gasteiger partial charge in [-0.05, 0) is 42.5 Å². The molecule has 18 heavy (non-hydrogen) atoms. The van der Waals surface area contributed by atoms with Gasteiger partial charge in [0.2, 0.25) is 5.95 Å². The highest BCUT2D eigenvalue weighted by atomic mass is 16.1. The third-order valence-corrected chi connectivity index (χ3v) is 3.12. The van der Waals surface area contributed by atoms with E-state index in [2.05, 4.69) is 27.4 Å². The topological polar surface area (TPSA) is 83.8 Å². The van der Waals surface area contributed by atoms with Crippen molar-refractivity contribution in [2.24, 2.45) is 0 Å². The number of nitrogens with zero attached hydrogens (tertiary/aromatic N) is 1. The van der Waals surface area contributed by atoms with E-state index >= 15 is 0 Å². The van der Waals surface area contributed by atoms with E-state index in [9.17, 15) is 4.79 Å². The highest BCUT2D eigenvalue weighted by Crippen LogP contribution is 2.25. The first-order valence-electron chi connectivity index (χ1n) is 5.96. The van der Waals surface area contributed by atoms with Crippen LogP contribution in [0.15, 0.2) is 29.1 Å². The standard InChI is InChI=1S/C13H14N4O/c14-11-7-12(18)17-13(16-11)15-10-5-4-8-2-1-3-9(8)6-10/h4-7H,1-3H2,(H4,14,15,16,17,18). The van der Waals surface area contributed by atoms with Crippen molar-refractivity contribution in [1.29, 1.82) is 0 Å². The van der Waals surface area contributed by atoms with E-state index in [-0.39, 0.29) is 11.4 Å². The third-order valence-electron chi connectivity index (χ3n) is 3.12. The molecule has 1 aromatic carbocycles. The van der Waals surface area contributed by atoms with Crippen molar-refractivity contribution in [2.45, 2.75) is 19.3 Å². The van der Waals surface area contributed by atoms with Crippen molar-refractivity contribution >= 4 is 17.5 Å². The number of benzene rings is 1. The average Bonchev–Trinajstić information content (AvgIpc) is 2.74. The van der Waals surface area contributed by atoms with Gasteiger partial charge in [0.05, 0.1) is 0 Å². The summed E-state index contributed by atoms with van der Waals surface area (Å²) in [5, 5.41) is 3.07. The number of rotatable bonds is 2. The van der Waals surface area contributed by atoms with E-state index in [0.717, 1.165) is 18.5 Å². The zero-order valence-electron chi connectivity index (χ0n) is 9.86. The second kappa shape index (κ2) is 4.18. The SMILES string of the molecule is Nc1cc(=O)[nH]c(Nc2ccc3c(c2)CCC3)n1. The number of nitrogens with one attached hydrogen (secondary N) is 2. The van der Waals surface area contributed by atoms with Crippen LogP contribution in [0.1, 0.15) is 17.5 Å². The second-order valence-corrected chi connectivity index (χ2v) is 4.48. The van der Waals surface area contributed by atoms with Gasteiger partial charge in [0.1, 0.15) is 5.82 Å². The fraction of sp³-hybridized carbons (Fsp3) is 0.231.